The van der Waals surface area contributed by atoms with Gasteiger partial charge in [0.25, 0.3) is 0 Å². The molecular formula is C11H18F3N3. The molecule has 3 nitrogen and oxygen atoms in total. The van der Waals surface area contributed by atoms with Crippen LogP contribution in [0.4, 0.5) is 19.1 Å². The third-order valence-corrected chi connectivity index (χ3v) is 2.15. The predicted octanol–water partition coefficient (Wildman–Crippen LogP) is 3.21. The number of rotatable bonds is 5. The van der Waals surface area contributed by atoms with Crippen LogP contribution in [-0.2, 0) is 6.54 Å². The van der Waals surface area contributed by atoms with Gasteiger partial charge in [-0.25, -0.2) is 4.98 Å². The van der Waals surface area contributed by atoms with E-state index in [1.165, 1.54) is 0 Å². The third kappa shape index (κ3) is 5.10. The van der Waals surface area contributed by atoms with Crippen molar-refractivity contribution in [3.63, 3.8) is 0 Å². The molecule has 17 heavy (non-hydrogen) atoms. The molecule has 98 valence electrons. The van der Waals surface area contributed by atoms with Gasteiger partial charge >= 0.3 is 6.18 Å². The fourth-order valence-corrected chi connectivity index (χ4v) is 1.54. The van der Waals surface area contributed by atoms with Crippen LogP contribution < -0.4 is 5.32 Å². The lowest BCUT2D eigenvalue weighted by atomic mass is 10.2. The average Bonchev–Trinajstić information content (AvgIpc) is 2.43. The van der Waals surface area contributed by atoms with Crippen molar-refractivity contribution in [2.45, 2.75) is 39.9 Å². The molecule has 0 fully saturated rings. The van der Waals surface area contributed by atoms with E-state index in [-0.39, 0.29) is 6.54 Å². The molecule has 1 aromatic heterocycles. The van der Waals surface area contributed by atoms with Gasteiger partial charge < -0.3 is 9.88 Å². The molecule has 1 N–H and O–H groups in total. The van der Waals surface area contributed by atoms with Crippen LogP contribution in [0.1, 0.15) is 26.0 Å². The number of nitrogens with zero attached hydrogens (tertiary/aromatic N) is 2. The summed E-state index contributed by atoms with van der Waals surface area (Å²) in [4.78, 5) is 4.17. The largest absolute Gasteiger partial charge is 0.390 e. The van der Waals surface area contributed by atoms with Crippen molar-refractivity contribution in [2.24, 2.45) is 5.92 Å². The summed E-state index contributed by atoms with van der Waals surface area (Å²) in [5, 5.41) is 2.73. The van der Waals surface area contributed by atoms with Crippen LogP contribution in [0.2, 0.25) is 0 Å². The summed E-state index contributed by atoms with van der Waals surface area (Å²) in [6.07, 6.45) is -3.13. The minimum Gasteiger partial charge on any atom is -0.355 e. The number of aromatic nitrogens is 2. The van der Waals surface area contributed by atoms with E-state index in [0.29, 0.717) is 11.9 Å². The highest BCUT2D eigenvalue weighted by atomic mass is 19.4. The molecule has 0 aromatic carbocycles. The van der Waals surface area contributed by atoms with Crippen LogP contribution in [0.5, 0.6) is 0 Å². The fraction of sp³-hybridized carbons (Fsp3) is 0.727. The first-order chi connectivity index (χ1) is 7.78. The number of nitrogens with one attached hydrogen (secondary N) is 1. The van der Waals surface area contributed by atoms with Gasteiger partial charge in [-0.1, -0.05) is 13.8 Å². The number of imidazole rings is 1. The number of alkyl halides is 3. The van der Waals surface area contributed by atoms with Crippen molar-refractivity contribution < 1.29 is 13.2 Å². The number of halogens is 3. The van der Waals surface area contributed by atoms with Gasteiger partial charge in [0.15, 0.2) is 0 Å². The maximum atomic E-state index is 12.0. The Morgan fingerprint density at radius 1 is 1.41 bits per heavy atom. The predicted molar refractivity (Wildman–Crippen MR) is 61.0 cm³/mol. The highest BCUT2D eigenvalue weighted by Crippen LogP contribution is 2.19. The smallest absolute Gasteiger partial charge is 0.355 e. The monoisotopic (exact) mass is 249 g/mol. The standard InChI is InChI=1S/C11H18F3N3/c1-8(2)6-17-7-9(3)16-10(17)15-5-4-11(12,13)14/h7-8H,4-6H2,1-3H3,(H,15,16). The van der Waals surface area contributed by atoms with E-state index in [9.17, 15) is 13.2 Å². The van der Waals surface area contributed by atoms with E-state index in [2.05, 4.69) is 24.1 Å². The first-order valence-electron chi connectivity index (χ1n) is 5.62. The van der Waals surface area contributed by atoms with Crippen LogP contribution in [0.3, 0.4) is 0 Å². The van der Waals surface area contributed by atoms with E-state index in [1.54, 1.807) is 0 Å². The third-order valence-electron chi connectivity index (χ3n) is 2.15. The second kappa shape index (κ2) is 5.42. The zero-order chi connectivity index (χ0) is 13.1. The van der Waals surface area contributed by atoms with E-state index < -0.39 is 12.6 Å². The van der Waals surface area contributed by atoms with Crippen LogP contribution in [0.25, 0.3) is 0 Å². The molecule has 1 heterocycles. The Hall–Kier alpha value is -1.20. The summed E-state index contributed by atoms with van der Waals surface area (Å²) in [6, 6.07) is 0. The Morgan fingerprint density at radius 2 is 2.06 bits per heavy atom. The van der Waals surface area contributed by atoms with Gasteiger partial charge in [-0.15, -0.1) is 0 Å². The minimum atomic E-state index is -4.13. The Labute approximate surface area is 99.0 Å². The van der Waals surface area contributed by atoms with Crippen LogP contribution in [-0.4, -0.2) is 22.3 Å². The van der Waals surface area contributed by atoms with Gasteiger partial charge in [-0.05, 0) is 12.8 Å². The molecule has 0 saturated carbocycles. The molecule has 1 rings (SSSR count). The summed E-state index contributed by atoms with van der Waals surface area (Å²) < 4.78 is 37.9. The Bertz CT molecular complexity index is 355. The van der Waals surface area contributed by atoms with E-state index in [0.717, 1.165) is 12.2 Å². The zero-order valence-electron chi connectivity index (χ0n) is 10.3. The van der Waals surface area contributed by atoms with Crippen molar-refractivity contribution in [1.29, 1.82) is 0 Å². The molecule has 6 heteroatoms. The molecule has 0 amide bonds. The summed E-state index contributed by atoms with van der Waals surface area (Å²) >= 11 is 0. The van der Waals surface area contributed by atoms with E-state index >= 15 is 0 Å². The molecular weight excluding hydrogens is 231 g/mol. The molecule has 1 aromatic rings. The van der Waals surface area contributed by atoms with E-state index in [4.69, 9.17) is 0 Å². The molecule has 0 unspecified atom stereocenters. The summed E-state index contributed by atoms with van der Waals surface area (Å²) in [7, 11) is 0. The van der Waals surface area contributed by atoms with Crippen molar-refractivity contribution >= 4 is 5.95 Å². The van der Waals surface area contributed by atoms with Gasteiger partial charge in [0.2, 0.25) is 5.95 Å². The Balaban J connectivity index is 2.57. The quantitative estimate of drug-likeness (QED) is 0.868. The van der Waals surface area contributed by atoms with Crippen molar-refractivity contribution in [2.75, 3.05) is 11.9 Å². The molecule has 0 spiro atoms. The highest BCUT2D eigenvalue weighted by Gasteiger charge is 2.26. The first kappa shape index (κ1) is 13.9. The van der Waals surface area contributed by atoms with Gasteiger partial charge in [-0.3, -0.25) is 0 Å². The topological polar surface area (TPSA) is 29.9 Å². The van der Waals surface area contributed by atoms with Crippen molar-refractivity contribution in [1.82, 2.24) is 9.55 Å². The van der Waals surface area contributed by atoms with Gasteiger partial charge in [-0.2, -0.15) is 13.2 Å². The van der Waals surface area contributed by atoms with Crippen LogP contribution in [0.15, 0.2) is 6.20 Å². The maximum Gasteiger partial charge on any atom is 0.390 e. The number of hydrogen-bond donors (Lipinski definition) is 1. The molecule has 0 saturated heterocycles. The number of aryl methyl sites for hydroxylation is 1. The molecule has 0 aliphatic rings. The second-order valence-corrected chi connectivity index (χ2v) is 4.54. The lowest BCUT2D eigenvalue weighted by Crippen LogP contribution is -2.17. The maximum absolute atomic E-state index is 12.0. The SMILES string of the molecule is Cc1cn(CC(C)C)c(NCCC(F)(F)F)n1. The second-order valence-electron chi connectivity index (χ2n) is 4.54. The van der Waals surface area contributed by atoms with Crippen LogP contribution >= 0.6 is 0 Å². The summed E-state index contributed by atoms with van der Waals surface area (Å²) in [6.45, 7) is 6.53. The Morgan fingerprint density at radius 3 is 2.59 bits per heavy atom. The normalized spacial score (nSPS) is 12.2. The molecule has 0 bridgehead atoms. The molecule has 0 aliphatic heterocycles. The van der Waals surface area contributed by atoms with Gasteiger partial charge in [0, 0.05) is 19.3 Å². The van der Waals surface area contributed by atoms with Crippen molar-refractivity contribution in [3.8, 4) is 0 Å². The highest BCUT2D eigenvalue weighted by molar-refractivity contribution is 5.28. The van der Waals surface area contributed by atoms with E-state index in [1.807, 2.05) is 17.7 Å². The van der Waals surface area contributed by atoms with Crippen LogP contribution in [0, 0.1) is 12.8 Å². The number of hydrogen-bond acceptors (Lipinski definition) is 2. The summed E-state index contributed by atoms with van der Waals surface area (Å²) in [5.41, 5.74) is 0.806. The van der Waals surface area contributed by atoms with Crippen molar-refractivity contribution in [3.05, 3.63) is 11.9 Å². The Kier molecular flexibility index (Phi) is 4.42. The minimum absolute atomic E-state index is 0.141. The zero-order valence-corrected chi connectivity index (χ0v) is 10.3. The molecule has 0 atom stereocenters. The molecule has 0 aliphatic carbocycles. The number of anilines is 1. The first-order valence-corrected chi connectivity index (χ1v) is 5.62. The summed E-state index contributed by atoms with van der Waals surface area (Å²) in [5.74, 6) is 0.937. The average molecular weight is 249 g/mol. The fourth-order valence-electron chi connectivity index (χ4n) is 1.54. The van der Waals surface area contributed by atoms with Gasteiger partial charge in [0.05, 0.1) is 12.1 Å². The lowest BCUT2D eigenvalue weighted by molar-refractivity contribution is -0.131. The lowest BCUT2D eigenvalue weighted by Gasteiger charge is -2.12. The molecule has 0 radical (unpaired) electrons. The van der Waals surface area contributed by atoms with Gasteiger partial charge in [0.1, 0.15) is 0 Å².